The van der Waals surface area contributed by atoms with Gasteiger partial charge >= 0.3 is 0 Å². The van der Waals surface area contributed by atoms with Crippen LogP contribution in [0, 0.1) is 6.92 Å². The molecule has 0 unspecified atom stereocenters. The van der Waals surface area contributed by atoms with Crippen LogP contribution in [0.2, 0.25) is 0 Å². The molecular formula is C22H25N3O2. The number of amides is 1. The maximum atomic E-state index is 11.8. The third-order valence-corrected chi connectivity index (χ3v) is 4.74. The molecule has 2 aromatic carbocycles. The van der Waals surface area contributed by atoms with Crippen LogP contribution in [0.1, 0.15) is 47.3 Å². The molecule has 5 nitrogen and oxygen atoms in total. The molecule has 140 valence electrons. The largest absolute Gasteiger partial charge is 0.497 e. The van der Waals surface area contributed by atoms with Gasteiger partial charge in [-0.15, -0.1) is 0 Å². The summed E-state index contributed by atoms with van der Waals surface area (Å²) in [5.74, 6) is 0.364. The first-order valence-electron chi connectivity index (χ1n) is 9.13. The highest BCUT2D eigenvalue weighted by Gasteiger charge is 2.17. The van der Waals surface area contributed by atoms with Crippen molar-refractivity contribution in [3.63, 3.8) is 0 Å². The van der Waals surface area contributed by atoms with Gasteiger partial charge in [-0.1, -0.05) is 37.6 Å². The summed E-state index contributed by atoms with van der Waals surface area (Å²) in [4.78, 5) is 16.2. The number of carbonyl (C=O) groups excluding carboxylic acids is 1. The highest BCUT2D eigenvalue weighted by Crippen LogP contribution is 2.33. The normalized spacial score (nSPS) is 12.0. The van der Waals surface area contributed by atoms with Gasteiger partial charge in [0, 0.05) is 17.3 Å². The maximum absolute atomic E-state index is 11.8. The highest BCUT2D eigenvalue weighted by atomic mass is 16.5. The Morgan fingerprint density at radius 3 is 2.74 bits per heavy atom. The molecule has 0 aliphatic rings. The molecule has 1 atom stereocenters. The fourth-order valence-corrected chi connectivity index (χ4v) is 3.36. The Balaban J connectivity index is 2.08. The lowest BCUT2D eigenvalue weighted by Gasteiger charge is -2.23. The summed E-state index contributed by atoms with van der Waals surface area (Å²) >= 11 is 0. The zero-order valence-corrected chi connectivity index (χ0v) is 16.0. The number of anilines is 1. The number of carbonyl (C=O) groups is 1. The number of benzene rings is 2. The Bertz CT molecular complexity index is 969. The van der Waals surface area contributed by atoms with E-state index >= 15 is 0 Å². The number of primary amides is 1. The molecule has 1 heterocycles. The number of nitrogens with two attached hydrogens (primary N) is 1. The Morgan fingerprint density at radius 1 is 1.26 bits per heavy atom. The fraction of sp³-hybridized carbons (Fsp3) is 0.273. The van der Waals surface area contributed by atoms with E-state index in [-0.39, 0.29) is 6.04 Å². The fourth-order valence-electron chi connectivity index (χ4n) is 3.36. The molecule has 0 saturated heterocycles. The zero-order chi connectivity index (χ0) is 19.4. The van der Waals surface area contributed by atoms with Crippen LogP contribution in [-0.4, -0.2) is 18.0 Å². The Kier molecular flexibility index (Phi) is 5.60. The number of nitrogens with one attached hydrogen (secondary N) is 1. The van der Waals surface area contributed by atoms with Gasteiger partial charge < -0.3 is 15.8 Å². The molecule has 0 bridgehead atoms. The number of rotatable bonds is 7. The zero-order valence-electron chi connectivity index (χ0n) is 16.0. The van der Waals surface area contributed by atoms with E-state index < -0.39 is 5.91 Å². The highest BCUT2D eigenvalue weighted by molar-refractivity contribution is 6.07. The molecule has 0 spiro atoms. The molecule has 3 rings (SSSR count). The van der Waals surface area contributed by atoms with Crippen LogP contribution in [0.15, 0.2) is 48.7 Å². The van der Waals surface area contributed by atoms with Gasteiger partial charge in [0.2, 0.25) is 0 Å². The van der Waals surface area contributed by atoms with E-state index in [1.54, 1.807) is 19.4 Å². The summed E-state index contributed by atoms with van der Waals surface area (Å²) in [6.45, 7) is 4.18. The van der Waals surface area contributed by atoms with E-state index in [0.29, 0.717) is 11.1 Å². The number of aryl methyl sites for hydroxylation is 1. The molecule has 0 aliphatic heterocycles. The van der Waals surface area contributed by atoms with Crippen LogP contribution < -0.4 is 15.8 Å². The first kappa shape index (κ1) is 18.7. The van der Waals surface area contributed by atoms with Gasteiger partial charge in [0.05, 0.1) is 24.2 Å². The van der Waals surface area contributed by atoms with E-state index in [1.807, 2.05) is 31.2 Å². The predicted molar refractivity (Wildman–Crippen MR) is 109 cm³/mol. The maximum Gasteiger partial charge on any atom is 0.250 e. The molecular weight excluding hydrogens is 338 g/mol. The molecule has 0 saturated carbocycles. The molecule has 5 heteroatoms. The second kappa shape index (κ2) is 8.08. The molecule has 3 N–H and O–H groups in total. The van der Waals surface area contributed by atoms with Crippen molar-refractivity contribution in [1.29, 1.82) is 0 Å². The van der Waals surface area contributed by atoms with Gasteiger partial charge in [0.15, 0.2) is 0 Å². The number of hydrogen-bond acceptors (Lipinski definition) is 4. The topological polar surface area (TPSA) is 77.2 Å². The molecule has 0 radical (unpaired) electrons. The average Bonchev–Trinajstić information content (AvgIpc) is 2.68. The van der Waals surface area contributed by atoms with E-state index in [9.17, 15) is 4.79 Å². The van der Waals surface area contributed by atoms with Crippen LogP contribution in [0.25, 0.3) is 10.9 Å². The SMILES string of the molecule is CCC[C@@H](Nc1c(C)cnc2c(C(N)=O)cccc12)c1cccc(OC)c1. The molecule has 1 amide bonds. The van der Waals surface area contributed by atoms with E-state index in [0.717, 1.165) is 40.8 Å². The lowest BCUT2D eigenvalue weighted by Crippen LogP contribution is -2.14. The number of para-hydroxylation sites is 1. The van der Waals surface area contributed by atoms with Crippen molar-refractivity contribution in [2.75, 3.05) is 12.4 Å². The van der Waals surface area contributed by atoms with E-state index in [4.69, 9.17) is 10.5 Å². The number of fused-ring (bicyclic) bond motifs is 1. The molecule has 0 fully saturated rings. The van der Waals surface area contributed by atoms with Crippen molar-refractivity contribution >= 4 is 22.5 Å². The van der Waals surface area contributed by atoms with Crippen molar-refractivity contribution in [2.45, 2.75) is 32.7 Å². The van der Waals surface area contributed by atoms with Gasteiger partial charge in [0.1, 0.15) is 5.75 Å². The number of aromatic nitrogens is 1. The number of methoxy groups -OCH3 is 1. The van der Waals surface area contributed by atoms with Crippen molar-refractivity contribution in [1.82, 2.24) is 4.98 Å². The first-order valence-corrected chi connectivity index (χ1v) is 9.13. The van der Waals surface area contributed by atoms with Crippen LogP contribution in [0.5, 0.6) is 5.75 Å². The van der Waals surface area contributed by atoms with Crippen LogP contribution in [0.3, 0.4) is 0 Å². The van der Waals surface area contributed by atoms with Gasteiger partial charge in [-0.3, -0.25) is 9.78 Å². The van der Waals surface area contributed by atoms with Crippen molar-refractivity contribution in [3.05, 3.63) is 65.4 Å². The number of hydrogen-bond donors (Lipinski definition) is 2. The standard InChI is InChI=1S/C22H25N3O2/c1-4-7-19(15-8-5-9-16(12-15)27-3)25-20-14(2)13-24-21-17(20)10-6-11-18(21)22(23)26/h5-6,8-13,19H,4,7H2,1-3H3,(H2,23,26)(H,24,25)/t19-/m1/s1. The van der Waals surface area contributed by atoms with Gasteiger partial charge in [-0.25, -0.2) is 0 Å². The summed E-state index contributed by atoms with van der Waals surface area (Å²) in [6, 6.07) is 13.7. The van der Waals surface area contributed by atoms with Crippen molar-refractivity contribution in [2.24, 2.45) is 5.73 Å². The minimum Gasteiger partial charge on any atom is -0.497 e. The summed E-state index contributed by atoms with van der Waals surface area (Å²) < 4.78 is 5.38. The Labute approximate surface area is 159 Å². The van der Waals surface area contributed by atoms with Crippen molar-refractivity contribution < 1.29 is 9.53 Å². The minimum absolute atomic E-state index is 0.117. The Hall–Kier alpha value is -3.08. The summed E-state index contributed by atoms with van der Waals surface area (Å²) in [6.07, 6.45) is 3.78. The lowest BCUT2D eigenvalue weighted by atomic mass is 9.99. The number of nitrogens with zero attached hydrogens (tertiary/aromatic N) is 1. The van der Waals surface area contributed by atoms with E-state index in [2.05, 4.69) is 29.4 Å². The van der Waals surface area contributed by atoms with Crippen LogP contribution >= 0.6 is 0 Å². The van der Waals surface area contributed by atoms with E-state index in [1.165, 1.54) is 0 Å². The third-order valence-electron chi connectivity index (χ3n) is 4.74. The predicted octanol–water partition coefficient (Wildman–Crippen LogP) is 4.60. The van der Waals surface area contributed by atoms with Crippen molar-refractivity contribution in [3.8, 4) is 5.75 Å². The monoisotopic (exact) mass is 363 g/mol. The van der Waals surface area contributed by atoms with Gasteiger partial charge in [-0.2, -0.15) is 0 Å². The smallest absolute Gasteiger partial charge is 0.250 e. The molecule has 27 heavy (non-hydrogen) atoms. The minimum atomic E-state index is -0.471. The van der Waals surface area contributed by atoms with Crippen LogP contribution in [0.4, 0.5) is 5.69 Å². The summed E-state index contributed by atoms with van der Waals surface area (Å²) in [5, 5.41) is 4.58. The first-order chi connectivity index (χ1) is 13.0. The second-order valence-electron chi connectivity index (χ2n) is 6.64. The molecule has 0 aliphatic carbocycles. The summed E-state index contributed by atoms with van der Waals surface area (Å²) in [7, 11) is 1.67. The second-order valence-corrected chi connectivity index (χ2v) is 6.64. The van der Waals surface area contributed by atoms with Gasteiger partial charge in [0.25, 0.3) is 5.91 Å². The third kappa shape index (κ3) is 3.87. The average molecular weight is 363 g/mol. The summed E-state index contributed by atoms with van der Waals surface area (Å²) in [5.41, 5.74) is 9.74. The molecule has 3 aromatic rings. The number of ether oxygens (including phenoxy) is 1. The van der Waals surface area contributed by atoms with Crippen LogP contribution in [-0.2, 0) is 0 Å². The number of pyridine rings is 1. The lowest BCUT2D eigenvalue weighted by molar-refractivity contribution is 0.100. The molecule has 1 aromatic heterocycles. The Morgan fingerprint density at radius 2 is 2.04 bits per heavy atom. The quantitative estimate of drug-likeness (QED) is 0.643. The van der Waals surface area contributed by atoms with Gasteiger partial charge in [-0.05, 0) is 42.7 Å².